The van der Waals surface area contributed by atoms with Crippen LogP contribution >= 0.6 is 0 Å². The van der Waals surface area contributed by atoms with Crippen molar-refractivity contribution in [3.05, 3.63) is 35.4 Å². The molecule has 1 aliphatic rings. The first-order chi connectivity index (χ1) is 9.40. The molecule has 0 radical (unpaired) electrons. The topological polar surface area (TPSA) is 37.4 Å². The highest BCUT2D eigenvalue weighted by atomic mass is 32.2. The standard InChI is InChI=1S/C16H25NO2S/c1-4-16-15(14-7-5-13(2)6-8-14)9-10-17(16)11-12-20(3,18)19/h5-8,15-16H,4,9-12H2,1-3H3/t15-,16+/m0/s1. The molecular weight excluding hydrogens is 270 g/mol. The van der Waals surface area contributed by atoms with Crippen molar-refractivity contribution in [1.29, 1.82) is 0 Å². The van der Waals surface area contributed by atoms with Crippen molar-refractivity contribution < 1.29 is 8.42 Å². The number of likely N-dealkylation sites (tertiary alicyclic amines) is 1. The molecule has 0 N–H and O–H groups in total. The summed E-state index contributed by atoms with van der Waals surface area (Å²) >= 11 is 0. The van der Waals surface area contributed by atoms with E-state index in [0.29, 0.717) is 18.5 Å². The van der Waals surface area contributed by atoms with E-state index in [1.165, 1.54) is 17.4 Å². The van der Waals surface area contributed by atoms with Crippen LogP contribution in [0.5, 0.6) is 0 Å². The summed E-state index contributed by atoms with van der Waals surface area (Å²) in [5, 5.41) is 0. The van der Waals surface area contributed by atoms with Crippen LogP contribution in [0.15, 0.2) is 24.3 Å². The normalized spacial score (nSPS) is 24.1. The maximum Gasteiger partial charge on any atom is 0.148 e. The average Bonchev–Trinajstić information content (AvgIpc) is 2.79. The summed E-state index contributed by atoms with van der Waals surface area (Å²) in [6.07, 6.45) is 3.52. The summed E-state index contributed by atoms with van der Waals surface area (Å²) in [6, 6.07) is 9.26. The molecule has 1 saturated heterocycles. The smallest absolute Gasteiger partial charge is 0.148 e. The van der Waals surface area contributed by atoms with Gasteiger partial charge in [-0.25, -0.2) is 8.42 Å². The molecule has 1 heterocycles. The largest absolute Gasteiger partial charge is 0.299 e. The van der Waals surface area contributed by atoms with Gasteiger partial charge in [0.25, 0.3) is 0 Å². The highest BCUT2D eigenvalue weighted by Gasteiger charge is 2.33. The van der Waals surface area contributed by atoms with Gasteiger partial charge in [0.05, 0.1) is 5.75 Å². The second kappa shape index (κ2) is 6.27. The van der Waals surface area contributed by atoms with Crippen LogP contribution in [0.4, 0.5) is 0 Å². The zero-order valence-corrected chi connectivity index (χ0v) is 13.5. The number of benzene rings is 1. The van der Waals surface area contributed by atoms with Gasteiger partial charge in [-0.1, -0.05) is 36.8 Å². The lowest BCUT2D eigenvalue weighted by atomic mass is 9.90. The van der Waals surface area contributed by atoms with E-state index in [4.69, 9.17) is 0 Å². The molecule has 1 fully saturated rings. The Labute approximate surface area is 122 Å². The summed E-state index contributed by atoms with van der Waals surface area (Å²) in [5.41, 5.74) is 2.68. The predicted molar refractivity (Wildman–Crippen MR) is 83.9 cm³/mol. The third kappa shape index (κ3) is 3.83. The minimum atomic E-state index is -2.87. The van der Waals surface area contributed by atoms with Gasteiger partial charge >= 0.3 is 0 Å². The molecule has 1 aromatic rings. The Morgan fingerprint density at radius 3 is 2.45 bits per heavy atom. The van der Waals surface area contributed by atoms with Crippen molar-refractivity contribution in [2.24, 2.45) is 0 Å². The van der Waals surface area contributed by atoms with Crippen LogP contribution in [-0.2, 0) is 9.84 Å². The minimum absolute atomic E-state index is 0.268. The van der Waals surface area contributed by atoms with Gasteiger partial charge in [0, 0.05) is 24.8 Å². The molecule has 0 aliphatic carbocycles. The molecule has 0 amide bonds. The first kappa shape index (κ1) is 15.5. The van der Waals surface area contributed by atoms with Crippen LogP contribution in [0.3, 0.4) is 0 Å². The molecule has 0 aromatic heterocycles. The molecule has 0 unspecified atom stereocenters. The van der Waals surface area contributed by atoms with Gasteiger partial charge in [-0.3, -0.25) is 4.90 Å². The lowest BCUT2D eigenvalue weighted by Crippen LogP contribution is -2.35. The minimum Gasteiger partial charge on any atom is -0.299 e. The zero-order chi connectivity index (χ0) is 14.8. The lowest BCUT2D eigenvalue weighted by molar-refractivity contribution is 0.251. The molecule has 1 aromatic carbocycles. The van der Waals surface area contributed by atoms with Gasteiger partial charge < -0.3 is 0 Å². The molecule has 2 atom stereocenters. The van der Waals surface area contributed by atoms with E-state index in [2.05, 4.69) is 43.0 Å². The second-order valence-corrected chi connectivity index (χ2v) is 8.21. The van der Waals surface area contributed by atoms with Gasteiger partial charge in [-0.2, -0.15) is 0 Å². The molecule has 0 bridgehead atoms. The Morgan fingerprint density at radius 2 is 1.90 bits per heavy atom. The van der Waals surface area contributed by atoms with Crippen LogP contribution in [0.1, 0.15) is 36.8 Å². The SMILES string of the molecule is CC[C@@H]1[C@H](c2ccc(C)cc2)CCN1CCS(C)(=O)=O. The molecule has 2 rings (SSSR count). The van der Waals surface area contributed by atoms with Gasteiger partial charge in [0.2, 0.25) is 0 Å². The van der Waals surface area contributed by atoms with Crippen LogP contribution in [0, 0.1) is 6.92 Å². The third-order valence-corrected chi connectivity index (χ3v) is 5.26. The highest BCUT2D eigenvalue weighted by molar-refractivity contribution is 7.90. The van der Waals surface area contributed by atoms with Crippen LogP contribution in [0.2, 0.25) is 0 Å². The van der Waals surface area contributed by atoms with Gasteiger partial charge in [-0.15, -0.1) is 0 Å². The molecule has 112 valence electrons. The molecule has 3 nitrogen and oxygen atoms in total. The van der Waals surface area contributed by atoms with Crippen molar-refractivity contribution >= 4 is 9.84 Å². The first-order valence-corrected chi connectivity index (χ1v) is 9.45. The van der Waals surface area contributed by atoms with Crippen molar-refractivity contribution in [3.63, 3.8) is 0 Å². The van der Waals surface area contributed by atoms with E-state index in [9.17, 15) is 8.42 Å². The maximum atomic E-state index is 11.3. The molecule has 4 heteroatoms. The highest BCUT2D eigenvalue weighted by Crippen LogP contribution is 2.35. The van der Waals surface area contributed by atoms with Crippen molar-refractivity contribution in [1.82, 2.24) is 4.90 Å². The Bertz CT molecular complexity index is 536. The summed E-state index contributed by atoms with van der Waals surface area (Å²) < 4.78 is 22.7. The maximum absolute atomic E-state index is 11.3. The van der Waals surface area contributed by atoms with E-state index in [1.54, 1.807) is 0 Å². The number of nitrogens with zero attached hydrogens (tertiary/aromatic N) is 1. The van der Waals surface area contributed by atoms with E-state index >= 15 is 0 Å². The first-order valence-electron chi connectivity index (χ1n) is 7.39. The van der Waals surface area contributed by atoms with E-state index in [-0.39, 0.29) is 5.75 Å². The number of hydrogen-bond donors (Lipinski definition) is 0. The monoisotopic (exact) mass is 295 g/mol. The van der Waals surface area contributed by atoms with Crippen LogP contribution in [0.25, 0.3) is 0 Å². The van der Waals surface area contributed by atoms with Gasteiger partial charge in [0.15, 0.2) is 0 Å². The fraction of sp³-hybridized carbons (Fsp3) is 0.625. The number of hydrogen-bond acceptors (Lipinski definition) is 3. The quantitative estimate of drug-likeness (QED) is 0.838. The van der Waals surface area contributed by atoms with Gasteiger partial charge in [-0.05, 0) is 31.9 Å². The predicted octanol–water partition coefficient (Wildman–Crippen LogP) is 2.61. The molecular formula is C16H25NO2S. The number of sulfone groups is 1. The summed E-state index contributed by atoms with van der Waals surface area (Å²) in [7, 11) is -2.87. The van der Waals surface area contributed by atoms with Crippen molar-refractivity contribution in [2.75, 3.05) is 25.1 Å². The fourth-order valence-corrected chi connectivity index (χ4v) is 3.79. The van der Waals surface area contributed by atoms with Crippen molar-refractivity contribution in [2.45, 2.75) is 38.6 Å². The molecule has 20 heavy (non-hydrogen) atoms. The number of aryl methyl sites for hydroxylation is 1. The Kier molecular flexibility index (Phi) is 4.86. The molecule has 0 saturated carbocycles. The van der Waals surface area contributed by atoms with Crippen molar-refractivity contribution in [3.8, 4) is 0 Å². The lowest BCUT2D eigenvalue weighted by Gasteiger charge is -2.27. The summed E-state index contributed by atoms with van der Waals surface area (Å²) in [5.74, 6) is 0.810. The number of rotatable bonds is 5. The Balaban J connectivity index is 2.07. The zero-order valence-electron chi connectivity index (χ0n) is 12.7. The fourth-order valence-electron chi connectivity index (χ4n) is 3.22. The van der Waals surface area contributed by atoms with Gasteiger partial charge in [0.1, 0.15) is 9.84 Å². The Morgan fingerprint density at radius 1 is 1.25 bits per heavy atom. The van der Waals surface area contributed by atoms with E-state index in [1.807, 2.05) is 0 Å². The second-order valence-electron chi connectivity index (χ2n) is 5.95. The van der Waals surface area contributed by atoms with E-state index in [0.717, 1.165) is 19.4 Å². The van der Waals surface area contributed by atoms with E-state index < -0.39 is 9.84 Å². The summed E-state index contributed by atoms with van der Waals surface area (Å²) in [4.78, 5) is 2.35. The summed E-state index contributed by atoms with van der Waals surface area (Å²) in [6.45, 7) is 5.98. The average molecular weight is 295 g/mol. The molecule has 0 spiro atoms. The Hall–Kier alpha value is -0.870. The van der Waals surface area contributed by atoms with Crippen LogP contribution in [-0.4, -0.2) is 44.5 Å². The third-order valence-electron chi connectivity index (χ3n) is 4.33. The molecule has 1 aliphatic heterocycles. The van der Waals surface area contributed by atoms with Crippen LogP contribution < -0.4 is 0 Å².